The van der Waals surface area contributed by atoms with Crippen molar-refractivity contribution in [1.29, 1.82) is 5.26 Å². The number of alkyl halides is 2. The number of esters is 1. The fraction of sp³-hybridized carbons (Fsp3) is 0.333. The van der Waals surface area contributed by atoms with Crippen molar-refractivity contribution in [3.8, 4) is 11.8 Å². The summed E-state index contributed by atoms with van der Waals surface area (Å²) in [4.78, 5) is 11.6. The van der Waals surface area contributed by atoms with Crippen molar-refractivity contribution in [3.05, 3.63) is 23.3 Å². The highest BCUT2D eigenvalue weighted by atomic mass is 32.1. The maximum atomic E-state index is 12.3. The molecule has 19 heavy (non-hydrogen) atoms. The Balaban J connectivity index is 3.20. The molecule has 1 aromatic carbocycles. The summed E-state index contributed by atoms with van der Waals surface area (Å²) >= 11 is 3.98. The number of carbonyl (C=O) groups is 1. The Morgan fingerprint density at radius 1 is 1.53 bits per heavy atom. The standard InChI is InChI=1S/C12H11F2NO3S/c1-2-17-10(16)5-8-7(6-15)3-4-9(19)11(8)18-12(13)14/h3-4,12,19H,2,5H2,1H3. The molecule has 0 aliphatic heterocycles. The van der Waals surface area contributed by atoms with Crippen LogP contribution in [0, 0.1) is 11.3 Å². The molecule has 0 N–H and O–H groups in total. The summed E-state index contributed by atoms with van der Waals surface area (Å²) in [6.07, 6.45) is -0.326. The number of thiol groups is 1. The number of rotatable bonds is 5. The van der Waals surface area contributed by atoms with Crippen molar-refractivity contribution >= 4 is 18.6 Å². The molecule has 0 aliphatic carbocycles. The fourth-order valence-electron chi connectivity index (χ4n) is 1.47. The first-order chi connectivity index (χ1) is 8.99. The summed E-state index contributed by atoms with van der Waals surface area (Å²) < 4.78 is 33.8. The monoisotopic (exact) mass is 287 g/mol. The molecule has 0 heterocycles. The van der Waals surface area contributed by atoms with Gasteiger partial charge in [0.25, 0.3) is 0 Å². The van der Waals surface area contributed by atoms with E-state index >= 15 is 0 Å². The van der Waals surface area contributed by atoms with Crippen molar-refractivity contribution in [1.82, 2.24) is 0 Å². The third kappa shape index (κ3) is 4.10. The Morgan fingerprint density at radius 2 is 2.21 bits per heavy atom. The Morgan fingerprint density at radius 3 is 2.74 bits per heavy atom. The maximum absolute atomic E-state index is 12.3. The van der Waals surface area contributed by atoms with Gasteiger partial charge in [0.05, 0.1) is 24.7 Å². The van der Waals surface area contributed by atoms with E-state index in [4.69, 9.17) is 10.00 Å². The van der Waals surface area contributed by atoms with E-state index < -0.39 is 12.6 Å². The third-order valence-corrected chi connectivity index (χ3v) is 2.55. The molecule has 0 saturated heterocycles. The lowest BCUT2D eigenvalue weighted by Gasteiger charge is -2.13. The molecule has 0 unspecified atom stereocenters. The van der Waals surface area contributed by atoms with Gasteiger partial charge in [0.2, 0.25) is 0 Å². The Bertz CT molecular complexity index is 514. The highest BCUT2D eigenvalue weighted by molar-refractivity contribution is 7.80. The average molecular weight is 287 g/mol. The van der Waals surface area contributed by atoms with Crippen molar-refractivity contribution < 1.29 is 23.0 Å². The van der Waals surface area contributed by atoms with E-state index in [1.165, 1.54) is 12.1 Å². The number of carbonyl (C=O) groups excluding carboxylic acids is 1. The number of hydrogen-bond donors (Lipinski definition) is 1. The molecule has 4 nitrogen and oxygen atoms in total. The van der Waals surface area contributed by atoms with Crippen LogP contribution in [0.15, 0.2) is 17.0 Å². The van der Waals surface area contributed by atoms with E-state index in [0.717, 1.165) is 0 Å². The third-order valence-electron chi connectivity index (χ3n) is 2.19. The van der Waals surface area contributed by atoms with Gasteiger partial charge in [-0.05, 0) is 19.1 Å². The van der Waals surface area contributed by atoms with Crippen LogP contribution in [0.2, 0.25) is 0 Å². The second kappa shape index (κ2) is 6.95. The van der Waals surface area contributed by atoms with Crippen LogP contribution in [0.4, 0.5) is 8.78 Å². The summed E-state index contributed by atoms with van der Waals surface area (Å²) in [5.74, 6) is -0.900. The molecule has 0 atom stereocenters. The molecule has 0 bridgehead atoms. The minimum Gasteiger partial charge on any atom is -0.466 e. The largest absolute Gasteiger partial charge is 0.466 e. The van der Waals surface area contributed by atoms with Gasteiger partial charge in [-0.25, -0.2) is 0 Å². The van der Waals surface area contributed by atoms with Crippen LogP contribution >= 0.6 is 12.6 Å². The molecule has 0 fully saturated rings. The van der Waals surface area contributed by atoms with Gasteiger partial charge in [0.15, 0.2) is 0 Å². The van der Waals surface area contributed by atoms with Gasteiger partial charge < -0.3 is 9.47 Å². The van der Waals surface area contributed by atoms with Gasteiger partial charge in [0.1, 0.15) is 5.75 Å². The van der Waals surface area contributed by atoms with E-state index in [-0.39, 0.29) is 34.8 Å². The van der Waals surface area contributed by atoms with E-state index in [0.29, 0.717) is 0 Å². The van der Waals surface area contributed by atoms with Gasteiger partial charge in [0, 0.05) is 10.5 Å². The quantitative estimate of drug-likeness (QED) is 0.668. The van der Waals surface area contributed by atoms with E-state index in [9.17, 15) is 13.6 Å². The zero-order valence-corrected chi connectivity index (χ0v) is 10.9. The molecule has 7 heteroatoms. The number of benzene rings is 1. The van der Waals surface area contributed by atoms with Crippen LogP contribution in [0.3, 0.4) is 0 Å². The summed E-state index contributed by atoms with van der Waals surface area (Å²) in [6.45, 7) is -1.29. The molecule has 0 spiro atoms. The van der Waals surface area contributed by atoms with Gasteiger partial charge in [-0.2, -0.15) is 14.0 Å². The molecule has 102 valence electrons. The van der Waals surface area contributed by atoms with Crippen LogP contribution in [0.5, 0.6) is 5.75 Å². The summed E-state index contributed by atoms with van der Waals surface area (Å²) in [6, 6.07) is 4.56. The molecule has 0 aliphatic rings. The lowest BCUT2D eigenvalue weighted by molar-refractivity contribution is -0.142. The smallest absolute Gasteiger partial charge is 0.387 e. The first-order valence-electron chi connectivity index (χ1n) is 5.35. The second-order valence-electron chi connectivity index (χ2n) is 3.41. The first-order valence-corrected chi connectivity index (χ1v) is 5.79. The number of hydrogen-bond acceptors (Lipinski definition) is 5. The molecule has 0 radical (unpaired) electrons. The van der Waals surface area contributed by atoms with Gasteiger partial charge in [-0.3, -0.25) is 4.79 Å². The SMILES string of the molecule is CCOC(=O)Cc1c(C#N)ccc(S)c1OC(F)F. The van der Waals surface area contributed by atoms with Crippen molar-refractivity contribution in [2.45, 2.75) is 24.9 Å². The number of nitriles is 1. The van der Waals surface area contributed by atoms with Crippen molar-refractivity contribution in [2.24, 2.45) is 0 Å². The molecule has 0 saturated carbocycles. The molecule has 1 rings (SSSR count). The maximum Gasteiger partial charge on any atom is 0.387 e. The highest BCUT2D eigenvalue weighted by Crippen LogP contribution is 2.32. The molecule has 0 amide bonds. The van der Waals surface area contributed by atoms with E-state index in [2.05, 4.69) is 17.4 Å². The Kier molecular flexibility index (Phi) is 5.57. The lowest BCUT2D eigenvalue weighted by atomic mass is 10.0. The highest BCUT2D eigenvalue weighted by Gasteiger charge is 2.19. The van der Waals surface area contributed by atoms with Crippen LogP contribution in [-0.2, 0) is 16.0 Å². The van der Waals surface area contributed by atoms with Gasteiger partial charge in [-0.15, -0.1) is 12.6 Å². The van der Waals surface area contributed by atoms with Crippen molar-refractivity contribution in [2.75, 3.05) is 6.61 Å². The van der Waals surface area contributed by atoms with E-state index in [1.54, 1.807) is 6.92 Å². The van der Waals surface area contributed by atoms with Gasteiger partial charge >= 0.3 is 12.6 Å². The van der Waals surface area contributed by atoms with Crippen LogP contribution in [0.25, 0.3) is 0 Å². The van der Waals surface area contributed by atoms with Crippen LogP contribution in [0.1, 0.15) is 18.1 Å². The predicted molar refractivity (Wildman–Crippen MR) is 65.4 cm³/mol. The topological polar surface area (TPSA) is 59.3 Å². The second-order valence-corrected chi connectivity index (χ2v) is 3.89. The Hall–Kier alpha value is -1.81. The molecular weight excluding hydrogens is 276 g/mol. The predicted octanol–water partition coefficient (Wildman–Crippen LogP) is 2.55. The summed E-state index contributed by atoms with van der Waals surface area (Å²) in [5, 5.41) is 8.94. The van der Waals surface area contributed by atoms with Crippen LogP contribution < -0.4 is 4.74 Å². The number of halogens is 2. The first kappa shape index (κ1) is 15.2. The Labute approximate surface area is 114 Å². The minimum atomic E-state index is -3.07. The van der Waals surface area contributed by atoms with Gasteiger partial charge in [-0.1, -0.05) is 0 Å². The number of nitrogens with zero attached hydrogens (tertiary/aromatic N) is 1. The average Bonchev–Trinajstić information content (AvgIpc) is 2.34. The molecule has 0 aromatic heterocycles. The zero-order chi connectivity index (χ0) is 14.4. The summed E-state index contributed by atoms with van der Waals surface area (Å²) in [7, 11) is 0. The molecule has 1 aromatic rings. The van der Waals surface area contributed by atoms with Crippen molar-refractivity contribution in [3.63, 3.8) is 0 Å². The normalized spacial score (nSPS) is 10.1. The van der Waals surface area contributed by atoms with Crippen LogP contribution in [-0.4, -0.2) is 19.2 Å². The molecular formula is C12H11F2NO3S. The minimum absolute atomic E-state index is 0.0498. The lowest BCUT2D eigenvalue weighted by Crippen LogP contribution is -2.12. The number of ether oxygens (including phenoxy) is 2. The zero-order valence-electron chi connectivity index (χ0n) is 10.0. The fourth-order valence-corrected chi connectivity index (χ4v) is 1.73. The van der Waals surface area contributed by atoms with E-state index in [1.807, 2.05) is 6.07 Å². The summed E-state index contributed by atoms with van der Waals surface area (Å²) in [5.41, 5.74) is 0.121.